The predicted molar refractivity (Wildman–Crippen MR) is 68.6 cm³/mol. The van der Waals surface area contributed by atoms with E-state index in [0.29, 0.717) is 12.1 Å². The van der Waals surface area contributed by atoms with Crippen LogP contribution in [0.5, 0.6) is 0 Å². The number of non-ortho nitro benzene ring substituents is 1. The number of rotatable bonds is 6. The van der Waals surface area contributed by atoms with E-state index in [2.05, 4.69) is 10.1 Å². The summed E-state index contributed by atoms with van der Waals surface area (Å²) in [5.74, 6) is -2.46. The van der Waals surface area contributed by atoms with Gasteiger partial charge in [0.15, 0.2) is 5.82 Å². The number of ether oxygens (including phenoxy) is 1. The van der Waals surface area contributed by atoms with Crippen LogP contribution in [0.3, 0.4) is 0 Å². The number of nitro groups is 1. The topological polar surface area (TPSA) is 142 Å². The standard InChI is InChI=1S/C10H12FN3O6S/c1-20-3-2-13-10(15)7-4-6(14(16)17)5-8(9(7)11)21(12,18)19/h4-5H,2-3H2,1H3,(H,13,15)(H2,12,18,19). The first-order valence-electron chi connectivity index (χ1n) is 5.46. The highest BCUT2D eigenvalue weighted by molar-refractivity contribution is 7.89. The van der Waals surface area contributed by atoms with Gasteiger partial charge in [-0.05, 0) is 0 Å². The summed E-state index contributed by atoms with van der Waals surface area (Å²) in [6.07, 6.45) is 0. The van der Waals surface area contributed by atoms with E-state index in [0.717, 1.165) is 0 Å². The number of amides is 1. The molecule has 0 unspecified atom stereocenters. The van der Waals surface area contributed by atoms with Gasteiger partial charge in [0.1, 0.15) is 4.90 Å². The lowest BCUT2D eigenvalue weighted by Gasteiger charge is -2.08. The van der Waals surface area contributed by atoms with Crippen molar-refractivity contribution in [1.29, 1.82) is 0 Å². The van der Waals surface area contributed by atoms with E-state index in [1.807, 2.05) is 0 Å². The van der Waals surface area contributed by atoms with E-state index < -0.39 is 42.8 Å². The van der Waals surface area contributed by atoms with Gasteiger partial charge in [0, 0.05) is 25.8 Å². The number of carbonyl (C=O) groups excluding carboxylic acids is 1. The van der Waals surface area contributed by atoms with Crippen molar-refractivity contribution in [2.75, 3.05) is 20.3 Å². The monoisotopic (exact) mass is 321 g/mol. The third-order valence-electron chi connectivity index (χ3n) is 2.38. The lowest BCUT2D eigenvalue weighted by Crippen LogP contribution is -2.28. The number of sulfonamides is 1. The summed E-state index contributed by atoms with van der Waals surface area (Å²) in [7, 11) is -3.18. The highest BCUT2D eigenvalue weighted by atomic mass is 32.2. The molecule has 11 heteroatoms. The first-order valence-corrected chi connectivity index (χ1v) is 7.01. The van der Waals surface area contributed by atoms with Crippen LogP contribution >= 0.6 is 0 Å². The quantitative estimate of drug-likeness (QED) is 0.420. The van der Waals surface area contributed by atoms with Crippen LogP contribution < -0.4 is 10.5 Å². The largest absolute Gasteiger partial charge is 0.383 e. The Kier molecular flexibility index (Phi) is 5.29. The van der Waals surface area contributed by atoms with Gasteiger partial charge in [-0.15, -0.1) is 0 Å². The second-order valence-corrected chi connectivity index (χ2v) is 5.39. The molecule has 21 heavy (non-hydrogen) atoms. The van der Waals surface area contributed by atoms with Crippen molar-refractivity contribution in [3.05, 3.63) is 33.6 Å². The first kappa shape index (κ1) is 16.9. The molecule has 1 rings (SSSR count). The molecule has 0 bridgehead atoms. The van der Waals surface area contributed by atoms with E-state index in [9.17, 15) is 27.7 Å². The highest BCUT2D eigenvalue weighted by Gasteiger charge is 2.26. The number of benzene rings is 1. The smallest absolute Gasteiger partial charge is 0.271 e. The molecule has 1 aromatic carbocycles. The Morgan fingerprint density at radius 3 is 2.62 bits per heavy atom. The van der Waals surface area contributed by atoms with Crippen molar-refractivity contribution >= 4 is 21.6 Å². The van der Waals surface area contributed by atoms with Gasteiger partial charge in [-0.25, -0.2) is 17.9 Å². The molecule has 0 atom stereocenters. The number of nitrogens with two attached hydrogens (primary N) is 1. The molecule has 0 aliphatic carbocycles. The summed E-state index contributed by atoms with van der Waals surface area (Å²) < 4.78 is 41.1. The van der Waals surface area contributed by atoms with Crippen LogP contribution in [0, 0.1) is 15.9 Å². The second kappa shape index (κ2) is 6.56. The van der Waals surface area contributed by atoms with Gasteiger partial charge >= 0.3 is 0 Å². The number of hydrogen-bond acceptors (Lipinski definition) is 6. The Morgan fingerprint density at radius 2 is 2.14 bits per heavy atom. The molecule has 3 N–H and O–H groups in total. The Bertz CT molecular complexity index is 676. The van der Waals surface area contributed by atoms with Gasteiger partial charge in [-0.3, -0.25) is 14.9 Å². The third kappa shape index (κ3) is 4.18. The van der Waals surface area contributed by atoms with Crippen molar-refractivity contribution < 1.29 is 27.3 Å². The lowest BCUT2D eigenvalue weighted by atomic mass is 10.1. The zero-order chi connectivity index (χ0) is 16.2. The number of primary sulfonamides is 1. The van der Waals surface area contributed by atoms with Crippen LogP contribution in [-0.4, -0.2) is 39.5 Å². The van der Waals surface area contributed by atoms with E-state index in [4.69, 9.17) is 5.14 Å². The molecule has 0 heterocycles. The molecule has 1 aromatic rings. The molecule has 1 amide bonds. The second-order valence-electron chi connectivity index (χ2n) is 3.86. The molecule has 0 aliphatic heterocycles. The predicted octanol–water partition coefficient (Wildman–Crippen LogP) is -0.242. The minimum absolute atomic E-state index is 0.0160. The molecule has 0 radical (unpaired) electrons. The third-order valence-corrected chi connectivity index (χ3v) is 3.29. The van der Waals surface area contributed by atoms with Gasteiger partial charge < -0.3 is 10.1 Å². The highest BCUT2D eigenvalue weighted by Crippen LogP contribution is 2.24. The van der Waals surface area contributed by atoms with Gasteiger partial charge in [0.2, 0.25) is 10.0 Å². The van der Waals surface area contributed by atoms with E-state index in [-0.39, 0.29) is 13.2 Å². The fourth-order valence-corrected chi connectivity index (χ4v) is 2.07. The fraction of sp³-hybridized carbons (Fsp3) is 0.300. The van der Waals surface area contributed by atoms with Crippen molar-refractivity contribution in [2.45, 2.75) is 4.90 Å². The van der Waals surface area contributed by atoms with Crippen LogP contribution in [0.25, 0.3) is 0 Å². The maximum Gasteiger partial charge on any atom is 0.271 e. The van der Waals surface area contributed by atoms with E-state index >= 15 is 0 Å². The molecule has 0 aromatic heterocycles. The Labute approximate surface area is 119 Å². The SMILES string of the molecule is COCCNC(=O)c1cc([N+](=O)[O-])cc(S(N)(=O)=O)c1F. The molecule has 0 aliphatic rings. The number of methoxy groups -OCH3 is 1. The van der Waals surface area contributed by atoms with Crippen LogP contribution in [0.2, 0.25) is 0 Å². The fourth-order valence-electron chi connectivity index (χ4n) is 1.42. The van der Waals surface area contributed by atoms with Crippen molar-refractivity contribution in [1.82, 2.24) is 5.32 Å². The Balaban J connectivity index is 3.34. The van der Waals surface area contributed by atoms with E-state index in [1.165, 1.54) is 7.11 Å². The van der Waals surface area contributed by atoms with Crippen LogP contribution in [0.1, 0.15) is 10.4 Å². The maximum absolute atomic E-state index is 14.0. The maximum atomic E-state index is 14.0. The summed E-state index contributed by atoms with van der Waals surface area (Å²) in [5.41, 5.74) is -1.55. The number of nitro benzene ring substituents is 1. The molecule has 116 valence electrons. The lowest BCUT2D eigenvalue weighted by molar-refractivity contribution is -0.385. The molecular weight excluding hydrogens is 309 g/mol. The number of nitrogens with zero attached hydrogens (tertiary/aromatic N) is 1. The molecule has 0 saturated carbocycles. The van der Waals surface area contributed by atoms with Crippen molar-refractivity contribution in [2.24, 2.45) is 5.14 Å². The molecule has 0 saturated heterocycles. The van der Waals surface area contributed by atoms with Gasteiger partial charge in [0.05, 0.1) is 17.1 Å². The van der Waals surface area contributed by atoms with Crippen LogP contribution in [0.4, 0.5) is 10.1 Å². The summed E-state index contributed by atoms with van der Waals surface area (Å²) in [5, 5.41) is 17.7. The number of carbonyl (C=O) groups is 1. The van der Waals surface area contributed by atoms with Crippen LogP contribution in [-0.2, 0) is 14.8 Å². The first-order chi connectivity index (χ1) is 9.68. The Hall–Kier alpha value is -2.11. The summed E-state index contributed by atoms with van der Waals surface area (Å²) in [6.45, 7) is 0.145. The van der Waals surface area contributed by atoms with Crippen molar-refractivity contribution in [3.63, 3.8) is 0 Å². The number of nitrogens with one attached hydrogen (secondary N) is 1. The van der Waals surface area contributed by atoms with E-state index in [1.54, 1.807) is 0 Å². The average molecular weight is 321 g/mol. The minimum atomic E-state index is -4.55. The summed E-state index contributed by atoms with van der Waals surface area (Å²) >= 11 is 0. The molecular formula is C10H12FN3O6S. The zero-order valence-corrected chi connectivity index (χ0v) is 11.6. The number of halogens is 1. The van der Waals surface area contributed by atoms with Gasteiger partial charge in [0.25, 0.3) is 11.6 Å². The normalized spacial score (nSPS) is 11.2. The molecule has 0 spiro atoms. The number of hydrogen-bond donors (Lipinski definition) is 2. The van der Waals surface area contributed by atoms with Crippen LogP contribution in [0.15, 0.2) is 17.0 Å². The van der Waals surface area contributed by atoms with Gasteiger partial charge in [-0.1, -0.05) is 0 Å². The summed E-state index contributed by atoms with van der Waals surface area (Å²) in [6, 6.07) is 1.09. The summed E-state index contributed by atoms with van der Waals surface area (Å²) in [4.78, 5) is 20.4. The van der Waals surface area contributed by atoms with Gasteiger partial charge in [-0.2, -0.15) is 0 Å². The Morgan fingerprint density at radius 1 is 1.52 bits per heavy atom. The molecule has 0 fully saturated rings. The zero-order valence-electron chi connectivity index (χ0n) is 10.8. The van der Waals surface area contributed by atoms with Crippen molar-refractivity contribution in [3.8, 4) is 0 Å². The average Bonchev–Trinajstić information content (AvgIpc) is 2.37. The minimum Gasteiger partial charge on any atom is -0.383 e. The molecule has 9 nitrogen and oxygen atoms in total.